The van der Waals surface area contributed by atoms with Crippen LogP contribution in [0.15, 0.2) is 24.3 Å². The van der Waals surface area contributed by atoms with Crippen LogP contribution >= 0.6 is 11.6 Å². The number of pyridine rings is 1. The van der Waals surface area contributed by atoms with Gasteiger partial charge in [0.2, 0.25) is 11.7 Å². The lowest BCUT2D eigenvalue weighted by Gasteiger charge is -2.12. The fourth-order valence-electron chi connectivity index (χ4n) is 1.60. The van der Waals surface area contributed by atoms with Gasteiger partial charge in [-0.3, -0.25) is 10.1 Å². The van der Waals surface area contributed by atoms with E-state index in [-0.39, 0.29) is 11.9 Å². The van der Waals surface area contributed by atoms with Crippen LogP contribution in [0.25, 0.3) is 0 Å². The molecule has 0 unspecified atom stereocenters. The predicted octanol–water partition coefficient (Wildman–Crippen LogP) is 4.18. The molecule has 1 aromatic carbocycles. The number of nitrogen functional groups attached to an aromatic ring is 1. The first-order chi connectivity index (χ1) is 10.6. The minimum atomic E-state index is -4.83. The van der Waals surface area contributed by atoms with Crippen LogP contribution in [0.1, 0.15) is 5.56 Å². The SMILES string of the molecule is Nc1nc(Oc2cc(Cl)c(C(F)(F)F)cc2F)ccc1[N+](=O)[O-]. The maximum absolute atomic E-state index is 13.7. The first kappa shape index (κ1) is 16.7. The number of nitro groups is 1. The lowest BCUT2D eigenvalue weighted by Crippen LogP contribution is -2.07. The summed E-state index contributed by atoms with van der Waals surface area (Å²) in [5, 5.41) is 9.81. The Kier molecular flexibility index (Phi) is 4.28. The van der Waals surface area contributed by atoms with Gasteiger partial charge in [-0.05, 0) is 6.07 Å². The summed E-state index contributed by atoms with van der Waals surface area (Å²) in [6.07, 6.45) is -4.83. The van der Waals surface area contributed by atoms with Crippen LogP contribution in [0.3, 0.4) is 0 Å². The second-order valence-corrected chi connectivity index (χ2v) is 4.58. The first-order valence-corrected chi connectivity index (χ1v) is 6.12. The average molecular weight is 352 g/mol. The Labute approximate surface area is 130 Å². The molecule has 0 saturated carbocycles. The zero-order chi connectivity index (χ0) is 17.4. The fraction of sp³-hybridized carbons (Fsp3) is 0.0833. The largest absolute Gasteiger partial charge is 0.436 e. The van der Waals surface area contributed by atoms with Gasteiger partial charge >= 0.3 is 11.9 Å². The molecule has 0 bridgehead atoms. The van der Waals surface area contributed by atoms with Crippen molar-refractivity contribution in [2.24, 2.45) is 0 Å². The molecule has 0 radical (unpaired) electrons. The highest BCUT2D eigenvalue weighted by molar-refractivity contribution is 6.31. The van der Waals surface area contributed by atoms with Crippen LogP contribution in [0.5, 0.6) is 11.6 Å². The number of halogens is 5. The van der Waals surface area contributed by atoms with E-state index in [0.717, 1.165) is 12.1 Å². The Morgan fingerprint density at radius 2 is 1.96 bits per heavy atom. The van der Waals surface area contributed by atoms with Crippen LogP contribution in [-0.2, 0) is 6.18 Å². The summed E-state index contributed by atoms with van der Waals surface area (Å²) in [6.45, 7) is 0. The van der Waals surface area contributed by atoms with Crippen molar-refractivity contribution < 1.29 is 27.2 Å². The van der Waals surface area contributed by atoms with E-state index in [2.05, 4.69) is 4.98 Å². The van der Waals surface area contributed by atoms with Gasteiger partial charge in [-0.2, -0.15) is 18.2 Å². The second-order valence-electron chi connectivity index (χ2n) is 4.17. The number of benzene rings is 1. The Hall–Kier alpha value is -2.62. The summed E-state index contributed by atoms with van der Waals surface area (Å²) in [5.74, 6) is -2.81. The standard InChI is InChI=1S/C12H6ClF4N3O3/c13-6-4-9(7(14)3-5(6)12(15,16)17)23-10-2-1-8(20(21)22)11(18)19-10/h1-4H,(H2,18,19). The van der Waals surface area contributed by atoms with E-state index in [9.17, 15) is 27.7 Å². The predicted molar refractivity (Wildman–Crippen MR) is 71.8 cm³/mol. The van der Waals surface area contributed by atoms with Crippen molar-refractivity contribution in [3.05, 3.63) is 50.8 Å². The van der Waals surface area contributed by atoms with Crippen LogP contribution in [0, 0.1) is 15.9 Å². The van der Waals surface area contributed by atoms with E-state index >= 15 is 0 Å². The number of alkyl halides is 3. The summed E-state index contributed by atoms with van der Waals surface area (Å²) in [4.78, 5) is 13.3. The van der Waals surface area contributed by atoms with Crippen LogP contribution in [-0.4, -0.2) is 9.91 Å². The molecular formula is C12H6ClF4N3O3. The van der Waals surface area contributed by atoms with Crippen molar-refractivity contribution in [2.75, 3.05) is 5.73 Å². The summed E-state index contributed by atoms with van der Waals surface area (Å²) in [6, 6.07) is 2.77. The quantitative estimate of drug-likeness (QED) is 0.509. The van der Waals surface area contributed by atoms with E-state index < -0.39 is 44.8 Å². The van der Waals surface area contributed by atoms with Crippen molar-refractivity contribution in [3.63, 3.8) is 0 Å². The summed E-state index contributed by atoms with van der Waals surface area (Å²) in [5.41, 5.74) is 3.47. The van der Waals surface area contributed by atoms with Crippen LogP contribution in [0.2, 0.25) is 5.02 Å². The molecule has 2 N–H and O–H groups in total. The third kappa shape index (κ3) is 3.59. The maximum atomic E-state index is 13.7. The molecule has 0 spiro atoms. The number of rotatable bonds is 3. The molecule has 0 saturated heterocycles. The molecule has 0 aliphatic rings. The molecule has 0 fully saturated rings. The van der Waals surface area contributed by atoms with Gasteiger partial charge in [-0.1, -0.05) is 11.6 Å². The number of ether oxygens (including phenoxy) is 1. The van der Waals surface area contributed by atoms with E-state index in [4.69, 9.17) is 22.1 Å². The number of aromatic nitrogens is 1. The maximum Gasteiger partial charge on any atom is 0.417 e. The van der Waals surface area contributed by atoms with Crippen molar-refractivity contribution in [1.82, 2.24) is 4.98 Å². The first-order valence-electron chi connectivity index (χ1n) is 5.74. The zero-order valence-electron chi connectivity index (χ0n) is 10.9. The van der Waals surface area contributed by atoms with Crippen molar-refractivity contribution in [2.45, 2.75) is 6.18 Å². The molecule has 0 aliphatic carbocycles. The van der Waals surface area contributed by atoms with Gasteiger partial charge in [0.15, 0.2) is 11.6 Å². The summed E-state index contributed by atoms with van der Waals surface area (Å²) >= 11 is 5.45. The monoisotopic (exact) mass is 351 g/mol. The van der Waals surface area contributed by atoms with Crippen LogP contribution in [0.4, 0.5) is 29.1 Å². The molecule has 1 heterocycles. The Bertz CT molecular complexity index is 783. The van der Waals surface area contributed by atoms with Gasteiger partial charge in [-0.25, -0.2) is 4.39 Å². The second kappa shape index (κ2) is 5.88. The highest BCUT2D eigenvalue weighted by Gasteiger charge is 2.34. The Morgan fingerprint density at radius 1 is 1.30 bits per heavy atom. The normalized spacial score (nSPS) is 11.3. The van der Waals surface area contributed by atoms with Gasteiger partial charge in [0.05, 0.1) is 15.5 Å². The van der Waals surface area contributed by atoms with Crippen molar-refractivity contribution in [1.29, 1.82) is 0 Å². The summed E-state index contributed by atoms with van der Waals surface area (Å²) in [7, 11) is 0. The molecule has 0 amide bonds. The van der Waals surface area contributed by atoms with Crippen molar-refractivity contribution >= 4 is 23.1 Å². The van der Waals surface area contributed by atoms with Gasteiger partial charge in [0.25, 0.3) is 0 Å². The average Bonchev–Trinajstić information content (AvgIpc) is 2.41. The van der Waals surface area contributed by atoms with E-state index in [1.807, 2.05) is 0 Å². The van der Waals surface area contributed by atoms with Crippen molar-refractivity contribution in [3.8, 4) is 11.6 Å². The highest BCUT2D eigenvalue weighted by atomic mass is 35.5. The van der Waals surface area contributed by atoms with E-state index in [0.29, 0.717) is 6.07 Å². The molecule has 1 aromatic heterocycles. The number of hydrogen-bond donors (Lipinski definition) is 1. The van der Waals surface area contributed by atoms with Gasteiger partial charge in [0, 0.05) is 18.2 Å². The molecule has 2 rings (SSSR count). The van der Waals surface area contributed by atoms with Gasteiger partial charge in [-0.15, -0.1) is 0 Å². The lowest BCUT2D eigenvalue weighted by molar-refractivity contribution is -0.384. The third-order valence-corrected chi connectivity index (χ3v) is 2.93. The van der Waals surface area contributed by atoms with Crippen LogP contribution < -0.4 is 10.5 Å². The topological polar surface area (TPSA) is 91.3 Å². The summed E-state index contributed by atoms with van der Waals surface area (Å²) < 4.78 is 56.4. The molecule has 2 aromatic rings. The minimum absolute atomic E-state index is 0.173. The van der Waals surface area contributed by atoms with Gasteiger partial charge in [0.1, 0.15) is 0 Å². The molecule has 0 atom stereocenters. The molecule has 23 heavy (non-hydrogen) atoms. The Morgan fingerprint density at radius 3 is 2.48 bits per heavy atom. The number of nitrogens with two attached hydrogens (primary N) is 1. The zero-order valence-corrected chi connectivity index (χ0v) is 11.7. The highest BCUT2D eigenvalue weighted by Crippen LogP contribution is 2.38. The molecular weight excluding hydrogens is 346 g/mol. The smallest absolute Gasteiger partial charge is 0.417 e. The molecule has 11 heteroatoms. The van der Waals surface area contributed by atoms with E-state index in [1.165, 1.54) is 0 Å². The molecule has 122 valence electrons. The number of hydrogen-bond acceptors (Lipinski definition) is 5. The number of anilines is 1. The van der Waals surface area contributed by atoms with Gasteiger partial charge < -0.3 is 10.5 Å². The third-order valence-electron chi connectivity index (χ3n) is 2.62. The van der Waals surface area contributed by atoms with E-state index in [1.54, 1.807) is 0 Å². The lowest BCUT2D eigenvalue weighted by atomic mass is 10.2. The fourth-order valence-corrected chi connectivity index (χ4v) is 1.86. The molecule has 0 aliphatic heterocycles. The Balaban J connectivity index is 2.36. The number of nitrogens with zero attached hydrogens (tertiary/aromatic N) is 2. The minimum Gasteiger partial charge on any atom is -0.436 e. The molecule has 6 nitrogen and oxygen atoms in total.